The van der Waals surface area contributed by atoms with E-state index in [1.807, 2.05) is 56.4 Å². The predicted octanol–water partition coefficient (Wildman–Crippen LogP) is 4.11. The number of carbonyl (C=O) groups excluding carboxylic acids is 1. The van der Waals surface area contributed by atoms with E-state index in [0.29, 0.717) is 0 Å². The molecule has 4 heteroatoms. The van der Waals surface area contributed by atoms with Crippen LogP contribution in [0, 0.1) is 13.8 Å². The highest BCUT2D eigenvalue weighted by molar-refractivity contribution is 7.12. The maximum absolute atomic E-state index is 12.3. The molecular formula is C17H16N2OS. The van der Waals surface area contributed by atoms with Crippen LogP contribution in [0.1, 0.15) is 20.1 Å². The first-order chi connectivity index (χ1) is 10.1. The topological polar surface area (TPSA) is 34.9 Å². The summed E-state index contributed by atoms with van der Waals surface area (Å²) in [6.07, 6.45) is 3.72. The van der Waals surface area contributed by atoms with Gasteiger partial charge in [-0.25, -0.2) is 0 Å². The summed E-state index contributed by atoms with van der Waals surface area (Å²) in [5.74, 6) is 0.111. The van der Waals surface area contributed by atoms with Crippen molar-refractivity contribution in [3.63, 3.8) is 0 Å². The molecule has 3 aromatic rings. The van der Waals surface area contributed by atoms with Crippen LogP contribution in [0.25, 0.3) is 11.1 Å². The zero-order valence-corrected chi connectivity index (χ0v) is 12.9. The Kier molecular flexibility index (Phi) is 3.71. The number of hydrogen-bond acceptors (Lipinski definition) is 3. The fourth-order valence-electron chi connectivity index (χ4n) is 2.37. The van der Waals surface area contributed by atoms with Gasteiger partial charge in [0.1, 0.15) is 6.54 Å². The minimum absolute atomic E-state index is 0.111. The smallest absolute Gasteiger partial charge is 0.185 e. The molecule has 0 aliphatic rings. The lowest BCUT2D eigenvalue weighted by atomic mass is 10.1. The van der Waals surface area contributed by atoms with Gasteiger partial charge in [-0.2, -0.15) is 5.10 Å². The van der Waals surface area contributed by atoms with E-state index in [1.165, 1.54) is 4.88 Å². The van der Waals surface area contributed by atoms with E-state index in [9.17, 15) is 4.79 Å². The molecule has 2 heterocycles. The van der Waals surface area contributed by atoms with E-state index in [0.717, 1.165) is 21.6 Å². The fraction of sp³-hybridized carbons (Fsp3) is 0.176. The largest absolute Gasteiger partial charge is 0.292 e. The maximum atomic E-state index is 12.3. The molecular weight excluding hydrogens is 280 g/mol. The Balaban J connectivity index is 1.79. The van der Waals surface area contributed by atoms with E-state index in [1.54, 1.807) is 22.2 Å². The second kappa shape index (κ2) is 5.66. The number of rotatable bonds is 4. The molecule has 0 aliphatic heterocycles. The average Bonchev–Trinajstić information content (AvgIpc) is 3.06. The fourth-order valence-corrected chi connectivity index (χ4v) is 3.31. The molecule has 0 spiro atoms. The second-order valence-corrected chi connectivity index (χ2v) is 6.50. The summed E-state index contributed by atoms with van der Waals surface area (Å²) in [7, 11) is 0. The third kappa shape index (κ3) is 2.95. The normalized spacial score (nSPS) is 10.8. The van der Waals surface area contributed by atoms with Crippen LogP contribution in [0.2, 0.25) is 0 Å². The molecule has 0 bridgehead atoms. The minimum Gasteiger partial charge on any atom is -0.292 e. The van der Waals surface area contributed by atoms with Crippen LogP contribution in [0.4, 0.5) is 0 Å². The van der Waals surface area contributed by atoms with E-state index in [-0.39, 0.29) is 12.3 Å². The molecule has 0 N–H and O–H groups in total. The average molecular weight is 296 g/mol. The van der Waals surface area contributed by atoms with E-state index >= 15 is 0 Å². The molecule has 0 atom stereocenters. The Morgan fingerprint density at radius 2 is 1.95 bits per heavy atom. The van der Waals surface area contributed by atoms with Gasteiger partial charge in [0.05, 0.1) is 6.20 Å². The first-order valence-corrected chi connectivity index (χ1v) is 7.63. The second-order valence-electron chi connectivity index (χ2n) is 5.04. The Bertz CT molecular complexity index is 771. The molecule has 3 rings (SSSR count). The van der Waals surface area contributed by atoms with Crippen LogP contribution in [0.15, 0.2) is 48.8 Å². The highest BCUT2D eigenvalue weighted by Crippen LogP contribution is 2.22. The van der Waals surface area contributed by atoms with E-state index in [2.05, 4.69) is 5.10 Å². The zero-order valence-electron chi connectivity index (χ0n) is 12.0. The van der Waals surface area contributed by atoms with Crippen molar-refractivity contribution in [1.29, 1.82) is 0 Å². The highest BCUT2D eigenvalue weighted by atomic mass is 32.1. The summed E-state index contributed by atoms with van der Waals surface area (Å²) < 4.78 is 1.71. The molecule has 106 valence electrons. The number of ketones is 1. The van der Waals surface area contributed by atoms with Gasteiger partial charge in [-0.05, 0) is 25.5 Å². The van der Waals surface area contributed by atoms with Crippen molar-refractivity contribution in [3.05, 3.63) is 64.1 Å². The first kappa shape index (κ1) is 13.8. The lowest BCUT2D eigenvalue weighted by Crippen LogP contribution is -2.10. The monoisotopic (exact) mass is 296 g/mol. The van der Waals surface area contributed by atoms with Crippen LogP contribution in [0.3, 0.4) is 0 Å². The van der Waals surface area contributed by atoms with Gasteiger partial charge >= 0.3 is 0 Å². The molecule has 0 fully saturated rings. The summed E-state index contributed by atoms with van der Waals surface area (Å²) in [5, 5.41) is 4.29. The maximum Gasteiger partial charge on any atom is 0.185 e. The Morgan fingerprint density at radius 3 is 2.62 bits per heavy atom. The van der Waals surface area contributed by atoms with Crippen molar-refractivity contribution >= 4 is 17.1 Å². The van der Waals surface area contributed by atoms with Gasteiger partial charge in [-0.1, -0.05) is 30.3 Å². The van der Waals surface area contributed by atoms with Gasteiger partial charge in [0.25, 0.3) is 0 Å². The van der Waals surface area contributed by atoms with Gasteiger partial charge in [0, 0.05) is 27.1 Å². The van der Waals surface area contributed by atoms with Gasteiger partial charge in [0.2, 0.25) is 0 Å². The third-order valence-corrected chi connectivity index (χ3v) is 4.35. The van der Waals surface area contributed by atoms with Crippen molar-refractivity contribution in [2.24, 2.45) is 0 Å². The molecule has 0 radical (unpaired) electrons. The standard InChI is InChI=1S/C17H16N2OS/c1-12-8-16(13(2)21-12)17(20)11-19-10-15(9-18-19)14-6-4-3-5-7-14/h3-10H,11H2,1-2H3. The van der Waals surface area contributed by atoms with Gasteiger partial charge in [-0.15, -0.1) is 11.3 Å². The Labute approximate surface area is 127 Å². The number of nitrogens with zero attached hydrogens (tertiary/aromatic N) is 2. The Morgan fingerprint density at radius 1 is 1.19 bits per heavy atom. The molecule has 3 nitrogen and oxygen atoms in total. The number of Topliss-reactive ketones (excluding diaryl/α,β-unsaturated/α-hetero) is 1. The molecule has 0 unspecified atom stereocenters. The quantitative estimate of drug-likeness (QED) is 0.679. The minimum atomic E-state index is 0.111. The molecule has 1 aromatic carbocycles. The van der Waals surface area contributed by atoms with Crippen LogP contribution >= 0.6 is 11.3 Å². The first-order valence-electron chi connectivity index (χ1n) is 6.81. The summed E-state index contributed by atoms with van der Waals surface area (Å²) in [5.41, 5.74) is 2.95. The summed E-state index contributed by atoms with van der Waals surface area (Å²) in [6.45, 7) is 4.29. The van der Waals surface area contributed by atoms with Crippen LogP contribution < -0.4 is 0 Å². The lowest BCUT2D eigenvalue weighted by molar-refractivity contribution is 0.0967. The molecule has 21 heavy (non-hydrogen) atoms. The number of hydrogen-bond donors (Lipinski definition) is 0. The van der Waals surface area contributed by atoms with Gasteiger partial charge in [0.15, 0.2) is 5.78 Å². The van der Waals surface area contributed by atoms with Crippen molar-refractivity contribution in [1.82, 2.24) is 9.78 Å². The van der Waals surface area contributed by atoms with Crippen LogP contribution in [-0.2, 0) is 6.54 Å². The third-order valence-electron chi connectivity index (χ3n) is 3.39. The molecule has 0 amide bonds. The SMILES string of the molecule is Cc1cc(C(=O)Cn2cc(-c3ccccc3)cn2)c(C)s1. The Hall–Kier alpha value is -2.20. The number of benzene rings is 1. The molecule has 0 saturated heterocycles. The van der Waals surface area contributed by atoms with Crippen molar-refractivity contribution in [2.45, 2.75) is 20.4 Å². The van der Waals surface area contributed by atoms with Crippen LogP contribution in [-0.4, -0.2) is 15.6 Å². The van der Waals surface area contributed by atoms with Gasteiger partial charge < -0.3 is 0 Å². The lowest BCUT2D eigenvalue weighted by Gasteiger charge is -2.00. The summed E-state index contributed by atoms with van der Waals surface area (Å²) in [6, 6.07) is 12.0. The van der Waals surface area contributed by atoms with Gasteiger partial charge in [-0.3, -0.25) is 9.48 Å². The molecule has 0 saturated carbocycles. The van der Waals surface area contributed by atoms with Crippen LogP contribution in [0.5, 0.6) is 0 Å². The van der Waals surface area contributed by atoms with E-state index < -0.39 is 0 Å². The number of thiophene rings is 1. The van der Waals surface area contributed by atoms with E-state index in [4.69, 9.17) is 0 Å². The van der Waals surface area contributed by atoms with Crippen molar-refractivity contribution in [2.75, 3.05) is 0 Å². The summed E-state index contributed by atoms with van der Waals surface area (Å²) in [4.78, 5) is 14.6. The number of carbonyl (C=O) groups is 1. The zero-order chi connectivity index (χ0) is 14.8. The number of aryl methyl sites for hydroxylation is 2. The number of aromatic nitrogens is 2. The van der Waals surface area contributed by atoms with Crippen molar-refractivity contribution in [3.8, 4) is 11.1 Å². The van der Waals surface area contributed by atoms with Crippen molar-refractivity contribution < 1.29 is 4.79 Å². The summed E-state index contributed by atoms with van der Waals surface area (Å²) >= 11 is 1.66. The highest BCUT2D eigenvalue weighted by Gasteiger charge is 2.13. The predicted molar refractivity (Wildman–Crippen MR) is 85.8 cm³/mol. The molecule has 2 aromatic heterocycles. The molecule has 0 aliphatic carbocycles.